The molecule has 0 aromatic carbocycles. The van der Waals surface area contributed by atoms with Crippen LogP contribution in [0.25, 0.3) is 0 Å². The van der Waals surface area contributed by atoms with Crippen molar-refractivity contribution in [3.63, 3.8) is 0 Å². The van der Waals surface area contributed by atoms with Crippen molar-refractivity contribution in [2.75, 3.05) is 13.1 Å². The normalized spacial score (nSPS) is 13.1. The first-order valence-electron chi connectivity index (χ1n) is 4.86. The fraction of sp³-hybridized carbons (Fsp3) is 0.778. The topological polar surface area (TPSA) is 71.2 Å². The quantitative estimate of drug-likeness (QED) is 0.644. The van der Waals surface area contributed by atoms with Gasteiger partial charge in [-0.15, -0.1) is 0 Å². The molecule has 14 heavy (non-hydrogen) atoms. The van der Waals surface area contributed by atoms with E-state index in [0.29, 0.717) is 11.7 Å². The lowest BCUT2D eigenvalue weighted by atomic mass is 10.3. The van der Waals surface area contributed by atoms with Gasteiger partial charge >= 0.3 is 0 Å². The lowest BCUT2D eigenvalue weighted by molar-refractivity contribution is 0.184. The summed E-state index contributed by atoms with van der Waals surface area (Å²) in [6, 6.07) is 0. The lowest BCUT2D eigenvalue weighted by Gasteiger charge is -2.04. The number of nitrogens with zero attached hydrogens (tertiary/aromatic N) is 2. The second-order valence-corrected chi connectivity index (χ2v) is 3.37. The molecule has 1 atom stereocenters. The highest BCUT2D eigenvalue weighted by Gasteiger charge is 2.01. The Balaban J connectivity index is 2.04. The van der Waals surface area contributed by atoms with E-state index in [-0.39, 0.29) is 6.10 Å². The van der Waals surface area contributed by atoms with E-state index in [0.717, 1.165) is 25.9 Å². The van der Waals surface area contributed by atoms with E-state index in [4.69, 9.17) is 9.63 Å². The molecule has 1 unspecified atom stereocenters. The molecule has 80 valence electrons. The van der Waals surface area contributed by atoms with Crippen LogP contribution < -0.4 is 5.32 Å². The second kappa shape index (κ2) is 5.72. The number of rotatable bonds is 6. The van der Waals surface area contributed by atoms with Crippen molar-refractivity contribution in [1.29, 1.82) is 0 Å². The minimum Gasteiger partial charge on any atom is -0.393 e. The first-order valence-corrected chi connectivity index (χ1v) is 4.86. The number of aliphatic hydroxyl groups excluding tert-OH is 1. The first-order chi connectivity index (χ1) is 6.68. The van der Waals surface area contributed by atoms with Gasteiger partial charge in [-0.1, -0.05) is 5.16 Å². The molecule has 2 N–H and O–H groups in total. The zero-order chi connectivity index (χ0) is 10.4. The van der Waals surface area contributed by atoms with Crippen molar-refractivity contribution < 1.29 is 9.63 Å². The molecular formula is C9H17N3O2. The van der Waals surface area contributed by atoms with Crippen LogP contribution in [0.15, 0.2) is 4.52 Å². The van der Waals surface area contributed by atoms with Crippen molar-refractivity contribution in [1.82, 2.24) is 15.5 Å². The number of aromatic nitrogens is 2. The van der Waals surface area contributed by atoms with Gasteiger partial charge < -0.3 is 14.9 Å². The van der Waals surface area contributed by atoms with E-state index in [2.05, 4.69) is 15.5 Å². The van der Waals surface area contributed by atoms with Gasteiger partial charge in [0.2, 0.25) is 5.89 Å². The summed E-state index contributed by atoms with van der Waals surface area (Å²) in [5.41, 5.74) is 0. The Bertz CT molecular complexity index is 260. The number of aryl methyl sites for hydroxylation is 1. The average Bonchev–Trinajstić information content (AvgIpc) is 2.50. The van der Waals surface area contributed by atoms with Gasteiger partial charge in [0.1, 0.15) is 0 Å². The molecule has 0 saturated carbocycles. The molecule has 0 amide bonds. The molecule has 0 saturated heterocycles. The molecule has 1 rings (SSSR count). The fourth-order valence-electron chi connectivity index (χ4n) is 1.07. The summed E-state index contributed by atoms with van der Waals surface area (Å²) >= 11 is 0. The van der Waals surface area contributed by atoms with Crippen LogP contribution in [0.5, 0.6) is 0 Å². The molecular weight excluding hydrogens is 182 g/mol. The predicted molar refractivity (Wildman–Crippen MR) is 51.9 cm³/mol. The van der Waals surface area contributed by atoms with Crippen LogP contribution in [0, 0.1) is 6.92 Å². The van der Waals surface area contributed by atoms with Crippen molar-refractivity contribution in [3.05, 3.63) is 11.7 Å². The van der Waals surface area contributed by atoms with Gasteiger partial charge in [-0.25, -0.2) is 0 Å². The van der Waals surface area contributed by atoms with Crippen molar-refractivity contribution in [2.45, 2.75) is 32.8 Å². The van der Waals surface area contributed by atoms with Gasteiger partial charge in [0.05, 0.1) is 6.10 Å². The summed E-state index contributed by atoms with van der Waals surface area (Å²) in [6.07, 6.45) is 1.26. The monoisotopic (exact) mass is 199 g/mol. The Labute approximate surface area is 83.5 Å². The van der Waals surface area contributed by atoms with Crippen LogP contribution in [-0.2, 0) is 6.42 Å². The molecule has 0 fully saturated rings. The standard InChI is InChI=1S/C9H17N3O2/c1-7(13)3-5-10-6-4-9-11-8(2)12-14-9/h7,10,13H,3-6H2,1-2H3. The molecule has 0 spiro atoms. The predicted octanol–water partition coefficient (Wildman–Crippen LogP) is 0.281. The van der Waals surface area contributed by atoms with E-state index in [1.54, 1.807) is 13.8 Å². The SMILES string of the molecule is Cc1noc(CCNCCC(C)O)n1. The van der Waals surface area contributed by atoms with E-state index in [1.807, 2.05) is 0 Å². The molecule has 0 bridgehead atoms. The summed E-state index contributed by atoms with van der Waals surface area (Å²) < 4.78 is 4.94. The summed E-state index contributed by atoms with van der Waals surface area (Å²) in [6.45, 7) is 5.19. The Hall–Kier alpha value is -0.940. The van der Waals surface area contributed by atoms with Crippen LogP contribution in [0.4, 0.5) is 0 Å². The number of hydrogen-bond donors (Lipinski definition) is 2. The van der Waals surface area contributed by atoms with Crippen LogP contribution in [0.3, 0.4) is 0 Å². The highest BCUT2D eigenvalue weighted by Crippen LogP contribution is 1.95. The Morgan fingerprint density at radius 1 is 1.50 bits per heavy atom. The maximum absolute atomic E-state index is 8.99. The highest BCUT2D eigenvalue weighted by molar-refractivity contribution is 4.83. The first kappa shape index (κ1) is 11.1. The van der Waals surface area contributed by atoms with Gasteiger partial charge in [0, 0.05) is 13.0 Å². The van der Waals surface area contributed by atoms with Crippen molar-refractivity contribution >= 4 is 0 Å². The summed E-state index contributed by atoms with van der Waals surface area (Å²) in [4.78, 5) is 4.08. The van der Waals surface area contributed by atoms with E-state index < -0.39 is 0 Å². The Morgan fingerprint density at radius 2 is 2.29 bits per heavy atom. The molecule has 1 aromatic heterocycles. The largest absolute Gasteiger partial charge is 0.393 e. The number of hydrogen-bond acceptors (Lipinski definition) is 5. The van der Waals surface area contributed by atoms with Crippen LogP contribution in [0.2, 0.25) is 0 Å². The maximum Gasteiger partial charge on any atom is 0.227 e. The van der Waals surface area contributed by atoms with Crippen molar-refractivity contribution in [3.8, 4) is 0 Å². The molecule has 1 aromatic rings. The Morgan fingerprint density at radius 3 is 2.86 bits per heavy atom. The average molecular weight is 199 g/mol. The molecule has 0 aliphatic rings. The zero-order valence-electron chi connectivity index (χ0n) is 8.66. The third kappa shape index (κ3) is 4.34. The van der Waals surface area contributed by atoms with Crippen molar-refractivity contribution in [2.24, 2.45) is 0 Å². The number of nitrogens with one attached hydrogen (secondary N) is 1. The molecule has 1 heterocycles. The van der Waals surface area contributed by atoms with E-state index in [9.17, 15) is 0 Å². The van der Waals surface area contributed by atoms with E-state index in [1.165, 1.54) is 0 Å². The lowest BCUT2D eigenvalue weighted by Crippen LogP contribution is -2.21. The summed E-state index contributed by atoms with van der Waals surface area (Å²) in [7, 11) is 0. The molecule has 0 aliphatic heterocycles. The Kier molecular flexibility index (Phi) is 4.55. The fourth-order valence-corrected chi connectivity index (χ4v) is 1.07. The zero-order valence-corrected chi connectivity index (χ0v) is 8.66. The number of aliphatic hydroxyl groups is 1. The molecule has 5 nitrogen and oxygen atoms in total. The van der Waals surface area contributed by atoms with Crippen LogP contribution in [-0.4, -0.2) is 34.4 Å². The minimum atomic E-state index is -0.242. The third-order valence-electron chi connectivity index (χ3n) is 1.82. The molecule has 0 aliphatic carbocycles. The summed E-state index contributed by atoms with van der Waals surface area (Å²) in [5.74, 6) is 1.33. The summed E-state index contributed by atoms with van der Waals surface area (Å²) in [5, 5.41) is 15.9. The van der Waals surface area contributed by atoms with Crippen LogP contribution in [0.1, 0.15) is 25.1 Å². The smallest absolute Gasteiger partial charge is 0.227 e. The van der Waals surface area contributed by atoms with Gasteiger partial charge in [-0.2, -0.15) is 4.98 Å². The van der Waals surface area contributed by atoms with Crippen LogP contribution >= 0.6 is 0 Å². The van der Waals surface area contributed by atoms with Gasteiger partial charge in [0.25, 0.3) is 0 Å². The van der Waals surface area contributed by atoms with Gasteiger partial charge in [-0.05, 0) is 26.8 Å². The van der Waals surface area contributed by atoms with E-state index >= 15 is 0 Å². The maximum atomic E-state index is 8.99. The van der Waals surface area contributed by atoms with Gasteiger partial charge in [0.15, 0.2) is 5.82 Å². The van der Waals surface area contributed by atoms with Gasteiger partial charge in [-0.3, -0.25) is 0 Å². The molecule has 0 radical (unpaired) electrons. The second-order valence-electron chi connectivity index (χ2n) is 3.37. The molecule has 5 heteroatoms. The highest BCUT2D eigenvalue weighted by atomic mass is 16.5. The third-order valence-corrected chi connectivity index (χ3v) is 1.82. The minimum absolute atomic E-state index is 0.242.